The Balaban J connectivity index is 2.41. The first kappa shape index (κ1) is 22.8. The molecule has 3 aromatic rings. The quantitative estimate of drug-likeness (QED) is 0.499. The van der Waals surface area contributed by atoms with Gasteiger partial charge in [0.2, 0.25) is 0 Å². The molecule has 0 amide bonds. The minimum absolute atomic E-state index is 0.0818. The van der Waals surface area contributed by atoms with E-state index >= 15 is 4.39 Å². The van der Waals surface area contributed by atoms with E-state index in [-0.39, 0.29) is 10.5 Å². The van der Waals surface area contributed by atoms with Crippen LogP contribution < -0.4 is 22.0 Å². The molecule has 0 saturated carbocycles. The summed E-state index contributed by atoms with van der Waals surface area (Å²) in [5.74, 6) is -0.605. The SMILES string of the molecule is C=C/C=C\C(=C/N)C(=C)/C=c1\c(=C/N)[nH]c2ncc(F)c(-c3cccc(S(C)(=O)=O)c3)c12. The molecule has 0 atom stereocenters. The molecule has 1 aromatic carbocycles. The predicted molar refractivity (Wildman–Crippen MR) is 128 cm³/mol. The van der Waals surface area contributed by atoms with Crippen molar-refractivity contribution in [2.45, 2.75) is 4.90 Å². The zero-order chi connectivity index (χ0) is 23.5. The number of benzene rings is 1. The van der Waals surface area contributed by atoms with Crippen molar-refractivity contribution in [3.63, 3.8) is 0 Å². The standard InChI is InChI=1S/C24H23FN4O2S/c1-4-5-7-17(12-26)15(2)10-19-21(13-27)29-24-23(19)22(20(25)14-28-24)16-8-6-9-18(11-16)32(3,30)31/h4-14H,1-2,26-27H2,3H3,(H,28,29)/b7-5-,17-12+,19-10+,21-13+. The zero-order valence-electron chi connectivity index (χ0n) is 17.5. The number of aromatic nitrogens is 2. The molecule has 8 heteroatoms. The largest absolute Gasteiger partial charge is 0.404 e. The van der Waals surface area contributed by atoms with Crippen LogP contribution in [0.1, 0.15) is 0 Å². The van der Waals surface area contributed by atoms with Gasteiger partial charge in [-0.25, -0.2) is 17.8 Å². The maximum atomic E-state index is 15.1. The molecule has 2 heterocycles. The summed E-state index contributed by atoms with van der Waals surface area (Å²) in [7, 11) is -3.48. The molecule has 0 fully saturated rings. The van der Waals surface area contributed by atoms with E-state index in [1.807, 2.05) is 0 Å². The highest BCUT2D eigenvalue weighted by Crippen LogP contribution is 2.29. The first-order valence-electron chi connectivity index (χ1n) is 9.52. The van der Waals surface area contributed by atoms with Gasteiger partial charge in [-0.15, -0.1) is 0 Å². The average molecular weight is 451 g/mol. The third kappa shape index (κ3) is 4.40. The number of nitrogens with one attached hydrogen (secondary N) is 1. The van der Waals surface area contributed by atoms with E-state index in [1.165, 1.54) is 24.5 Å². The normalized spacial score (nSPS) is 13.9. The smallest absolute Gasteiger partial charge is 0.175 e. The molecule has 0 aliphatic heterocycles. The molecule has 2 aromatic heterocycles. The predicted octanol–water partition coefficient (Wildman–Crippen LogP) is 2.39. The Labute approximate surface area is 185 Å². The summed E-state index contributed by atoms with van der Waals surface area (Å²) in [4.78, 5) is 7.30. The van der Waals surface area contributed by atoms with Crippen LogP contribution in [0.25, 0.3) is 34.4 Å². The van der Waals surface area contributed by atoms with Gasteiger partial charge in [-0.2, -0.15) is 0 Å². The highest BCUT2D eigenvalue weighted by atomic mass is 32.2. The summed E-state index contributed by atoms with van der Waals surface area (Å²) in [6, 6.07) is 6.10. The van der Waals surface area contributed by atoms with Gasteiger partial charge in [0.25, 0.3) is 0 Å². The van der Waals surface area contributed by atoms with E-state index in [2.05, 4.69) is 23.1 Å². The molecule has 3 rings (SSSR count). The van der Waals surface area contributed by atoms with E-state index in [0.29, 0.717) is 38.3 Å². The summed E-state index contributed by atoms with van der Waals surface area (Å²) < 4.78 is 39.2. The number of sulfone groups is 1. The number of aromatic amines is 1. The van der Waals surface area contributed by atoms with Crippen LogP contribution in [0.15, 0.2) is 84.1 Å². The van der Waals surface area contributed by atoms with Crippen molar-refractivity contribution < 1.29 is 12.8 Å². The molecule has 32 heavy (non-hydrogen) atoms. The number of nitrogens with two attached hydrogens (primary N) is 2. The minimum atomic E-state index is -3.48. The van der Waals surface area contributed by atoms with Crippen molar-refractivity contribution in [1.29, 1.82) is 0 Å². The molecule has 0 saturated heterocycles. The second kappa shape index (κ2) is 9.07. The van der Waals surface area contributed by atoms with Gasteiger partial charge in [0.1, 0.15) is 11.5 Å². The van der Waals surface area contributed by atoms with E-state index in [9.17, 15) is 8.42 Å². The molecule has 164 valence electrons. The lowest BCUT2D eigenvalue weighted by Crippen LogP contribution is -2.25. The Bertz CT molecular complexity index is 1510. The van der Waals surface area contributed by atoms with E-state index < -0.39 is 15.7 Å². The summed E-state index contributed by atoms with van der Waals surface area (Å²) in [5.41, 5.74) is 13.7. The van der Waals surface area contributed by atoms with Gasteiger partial charge in [0.15, 0.2) is 9.84 Å². The summed E-state index contributed by atoms with van der Waals surface area (Å²) in [6.07, 6.45) is 11.7. The number of halogens is 1. The second-order valence-electron chi connectivity index (χ2n) is 7.01. The van der Waals surface area contributed by atoms with Crippen LogP contribution in [0.5, 0.6) is 0 Å². The Morgan fingerprint density at radius 1 is 1.28 bits per heavy atom. The van der Waals surface area contributed by atoms with Crippen molar-refractivity contribution in [2.24, 2.45) is 11.5 Å². The molecular formula is C24H23FN4O2S. The van der Waals surface area contributed by atoms with Crippen LogP contribution in [0.3, 0.4) is 0 Å². The second-order valence-corrected chi connectivity index (χ2v) is 9.03. The fourth-order valence-corrected chi connectivity index (χ4v) is 3.99. The number of rotatable bonds is 6. The number of pyridine rings is 1. The molecule has 0 spiro atoms. The van der Waals surface area contributed by atoms with Crippen molar-refractivity contribution in [3.8, 4) is 11.1 Å². The highest BCUT2D eigenvalue weighted by Gasteiger charge is 2.17. The Morgan fingerprint density at radius 3 is 2.66 bits per heavy atom. The van der Waals surface area contributed by atoms with Crippen LogP contribution in [0.4, 0.5) is 4.39 Å². The monoisotopic (exact) mass is 450 g/mol. The Kier molecular flexibility index (Phi) is 6.45. The van der Waals surface area contributed by atoms with Crippen molar-refractivity contribution in [1.82, 2.24) is 9.97 Å². The lowest BCUT2D eigenvalue weighted by molar-refractivity contribution is 0.601. The molecule has 5 N–H and O–H groups in total. The van der Waals surface area contributed by atoms with Crippen LogP contribution in [0.2, 0.25) is 0 Å². The van der Waals surface area contributed by atoms with Crippen molar-refractivity contribution in [3.05, 3.63) is 95.6 Å². The highest BCUT2D eigenvalue weighted by molar-refractivity contribution is 7.90. The van der Waals surface area contributed by atoms with Crippen LogP contribution >= 0.6 is 0 Å². The summed E-state index contributed by atoms with van der Waals surface area (Å²) >= 11 is 0. The summed E-state index contributed by atoms with van der Waals surface area (Å²) in [6.45, 7) is 7.69. The molecule has 0 aliphatic carbocycles. The van der Waals surface area contributed by atoms with Crippen molar-refractivity contribution in [2.75, 3.05) is 6.26 Å². The van der Waals surface area contributed by atoms with Crippen LogP contribution in [-0.4, -0.2) is 24.6 Å². The van der Waals surface area contributed by atoms with E-state index in [4.69, 9.17) is 11.5 Å². The Hall–Kier alpha value is -3.91. The molecule has 6 nitrogen and oxygen atoms in total. The number of fused-ring (bicyclic) bond motifs is 1. The topological polar surface area (TPSA) is 115 Å². The van der Waals surface area contributed by atoms with Gasteiger partial charge >= 0.3 is 0 Å². The van der Waals surface area contributed by atoms with Gasteiger partial charge in [0, 0.05) is 34.8 Å². The number of nitrogens with zero attached hydrogens (tertiary/aromatic N) is 1. The van der Waals surface area contributed by atoms with Gasteiger partial charge in [0.05, 0.1) is 16.4 Å². The third-order valence-electron chi connectivity index (χ3n) is 4.84. The summed E-state index contributed by atoms with van der Waals surface area (Å²) in [5, 5.41) is 1.49. The lowest BCUT2D eigenvalue weighted by Gasteiger charge is -2.08. The first-order chi connectivity index (χ1) is 15.2. The fraction of sp³-hybridized carbons (Fsp3) is 0.0417. The van der Waals surface area contributed by atoms with Gasteiger partial charge in [-0.3, -0.25) is 0 Å². The zero-order valence-corrected chi connectivity index (χ0v) is 18.3. The number of hydrogen-bond donors (Lipinski definition) is 3. The van der Waals surface area contributed by atoms with E-state index in [0.717, 1.165) is 12.5 Å². The number of H-pyrrole nitrogens is 1. The van der Waals surface area contributed by atoms with Crippen LogP contribution in [-0.2, 0) is 9.84 Å². The average Bonchev–Trinajstić information content (AvgIpc) is 3.11. The maximum Gasteiger partial charge on any atom is 0.175 e. The number of allylic oxidation sites excluding steroid dienone is 5. The van der Waals surface area contributed by atoms with Gasteiger partial charge in [-0.1, -0.05) is 43.5 Å². The molecule has 0 bridgehead atoms. The Morgan fingerprint density at radius 2 is 2.03 bits per heavy atom. The van der Waals surface area contributed by atoms with Crippen LogP contribution in [0, 0.1) is 5.82 Å². The third-order valence-corrected chi connectivity index (χ3v) is 5.95. The molecule has 0 radical (unpaired) electrons. The van der Waals surface area contributed by atoms with Gasteiger partial charge in [-0.05, 0) is 34.9 Å². The fourth-order valence-electron chi connectivity index (χ4n) is 3.32. The van der Waals surface area contributed by atoms with Crippen molar-refractivity contribution >= 4 is 33.1 Å². The molecule has 0 unspecified atom stereocenters. The molecular weight excluding hydrogens is 427 g/mol. The first-order valence-corrected chi connectivity index (χ1v) is 11.4. The maximum absolute atomic E-state index is 15.1. The minimum Gasteiger partial charge on any atom is -0.404 e. The number of hydrogen-bond acceptors (Lipinski definition) is 5. The lowest BCUT2D eigenvalue weighted by atomic mass is 10.0. The van der Waals surface area contributed by atoms with E-state index in [1.54, 1.807) is 36.4 Å². The van der Waals surface area contributed by atoms with Gasteiger partial charge < -0.3 is 16.5 Å². The molecule has 0 aliphatic rings.